The summed E-state index contributed by atoms with van der Waals surface area (Å²) in [7, 11) is 3.16. The molecular weight excluding hydrogens is 338 g/mol. The summed E-state index contributed by atoms with van der Waals surface area (Å²) in [4.78, 5) is 54.8. The van der Waals surface area contributed by atoms with Gasteiger partial charge >= 0.3 is 12.0 Å². The van der Waals surface area contributed by atoms with Crippen LogP contribution in [0.5, 0.6) is 0 Å². The Bertz CT molecular complexity index is 888. The molecule has 1 aliphatic heterocycles. The molecule has 8 nitrogen and oxygen atoms in total. The van der Waals surface area contributed by atoms with E-state index in [-0.39, 0.29) is 22.7 Å². The van der Waals surface area contributed by atoms with Gasteiger partial charge in [-0.3, -0.25) is 9.59 Å². The highest BCUT2D eigenvalue weighted by Crippen LogP contribution is 2.23. The van der Waals surface area contributed by atoms with Gasteiger partial charge in [0.05, 0.1) is 16.7 Å². The van der Waals surface area contributed by atoms with Crippen molar-refractivity contribution in [3.8, 4) is 0 Å². The highest BCUT2D eigenvalue weighted by molar-refractivity contribution is 6.21. The van der Waals surface area contributed by atoms with Crippen molar-refractivity contribution in [3.05, 3.63) is 65.2 Å². The van der Waals surface area contributed by atoms with Crippen LogP contribution >= 0.6 is 0 Å². The first-order valence-electron chi connectivity index (χ1n) is 7.67. The molecular formula is C18H15N3O5. The third-order valence-electron chi connectivity index (χ3n) is 3.69. The first kappa shape index (κ1) is 17.2. The predicted molar refractivity (Wildman–Crippen MR) is 91.5 cm³/mol. The van der Waals surface area contributed by atoms with E-state index >= 15 is 0 Å². The van der Waals surface area contributed by atoms with Crippen molar-refractivity contribution in [2.24, 2.45) is 0 Å². The minimum Gasteiger partial charge on any atom is -0.331 e. The maximum absolute atomic E-state index is 12.3. The van der Waals surface area contributed by atoms with Gasteiger partial charge in [0, 0.05) is 19.8 Å². The summed E-state index contributed by atoms with van der Waals surface area (Å²) < 4.78 is 0. The third-order valence-corrected chi connectivity index (χ3v) is 3.69. The summed E-state index contributed by atoms with van der Waals surface area (Å²) in [6.07, 6.45) is 0. The minimum atomic E-state index is -0.888. The van der Waals surface area contributed by atoms with Gasteiger partial charge in [-0.15, -0.1) is 0 Å². The van der Waals surface area contributed by atoms with Crippen LogP contribution in [0.25, 0.3) is 0 Å². The van der Waals surface area contributed by atoms with E-state index in [0.29, 0.717) is 10.8 Å². The molecule has 0 unspecified atom stereocenters. The molecule has 2 aromatic rings. The largest absolute Gasteiger partial charge is 0.364 e. The molecule has 1 heterocycles. The zero-order valence-electron chi connectivity index (χ0n) is 14.1. The number of anilines is 1. The average molecular weight is 353 g/mol. The molecule has 0 aromatic heterocycles. The molecule has 0 aliphatic carbocycles. The van der Waals surface area contributed by atoms with E-state index in [1.54, 1.807) is 38.4 Å². The number of carbonyl (C=O) groups excluding carboxylic acids is 4. The van der Waals surface area contributed by atoms with Crippen molar-refractivity contribution in [1.82, 2.24) is 9.96 Å². The second kappa shape index (κ2) is 6.67. The number of benzene rings is 2. The summed E-state index contributed by atoms with van der Waals surface area (Å²) in [5.41, 5.74) is 0.813. The number of imide groups is 1. The molecule has 1 aliphatic rings. The molecule has 3 rings (SSSR count). The molecule has 8 heteroatoms. The Morgan fingerprint density at radius 2 is 1.58 bits per heavy atom. The lowest BCUT2D eigenvalue weighted by atomic mass is 10.1. The predicted octanol–water partition coefficient (Wildman–Crippen LogP) is 2.15. The van der Waals surface area contributed by atoms with Crippen molar-refractivity contribution in [1.29, 1.82) is 0 Å². The van der Waals surface area contributed by atoms with Gasteiger partial charge in [-0.25, -0.2) is 9.59 Å². The Balaban J connectivity index is 1.76. The van der Waals surface area contributed by atoms with Gasteiger partial charge in [-0.1, -0.05) is 23.3 Å². The molecule has 26 heavy (non-hydrogen) atoms. The number of hydrogen-bond donors (Lipinski definition) is 1. The summed E-state index contributed by atoms with van der Waals surface area (Å²) in [5, 5.41) is 3.04. The maximum Gasteiger partial charge on any atom is 0.364 e. The molecule has 4 amide bonds. The first-order valence-corrected chi connectivity index (χ1v) is 7.67. The lowest BCUT2D eigenvalue weighted by Gasteiger charge is -2.14. The normalized spacial score (nSPS) is 12.6. The van der Waals surface area contributed by atoms with E-state index in [4.69, 9.17) is 4.84 Å². The topological polar surface area (TPSA) is 96.0 Å². The highest BCUT2D eigenvalue weighted by atomic mass is 16.7. The number of nitrogens with zero attached hydrogens (tertiary/aromatic N) is 2. The fourth-order valence-corrected chi connectivity index (χ4v) is 2.34. The average Bonchev–Trinajstić information content (AvgIpc) is 2.87. The lowest BCUT2D eigenvalue weighted by Crippen LogP contribution is -2.32. The molecule has 132 valence electrons. The van der Waals surface area contributed by atoms with Gasteiger partial charge in [0.2, 0.25) is 0 Å². The van der Waals surface area contributed by atoms with Gasteiger partial charge in [-0.2, -0.15) is 0 Å². The van der Waals surface area contributed by atoms with Crippen molar-refractivity contribution in [2.45, 2.75) is 0 Å². The zero-order chi connectivity index (χ0) is 18.8. The fourth-order valence-electron chi connectivity index (χ4n) is 2.34. The monoisotopic (exact) mass is 353 g/mol. The molecule has 0 atom stereocenters. The smallest absolute Gasteiger partial charge is 0.331 e. The zero-order valence-corrected chi connectivity index (χ0v) is 14.1. The number of urea groups is 1. The quantitative estimate of drug-likeness (QED) is 0.853. The molecule has 0 saturated carbocycles. The standard InChI is InChI=1S/C18H15N3O5/c1-20(2)18(25)19-12-7-5-6-11(10-12)17(24)26-21-15(22)13-8-3-4-9-14(13)16(21)23/h3-10H,1-2H3,(H,19,25). The molecule has 0 bridgehead atoms. The lowest BCUT2D eigenvalue weighted by molar-refractivity contribution is -0.0584. The van der Waals surface area contributed by atoms with Crippen LogP contribution in [0.1, 0.15) is 31.1 Å². The van der Waals surface area contributed by atoms with Crippen LogP contribution in [-0.4, -0.2) is 47.9 Å². The van der Waals surface area contributed by atoms with E-state index in [1.165, 1.54) is 29.2 Å². The summed E-state index contributed by atoms with van der Waals surface area (Å²) in [6.45, 7) is 0. The van der Waals surface area contributed by atoms with Crippen molar-refractivity contribution in [3.63, 3.8) is 0 Å². The van der Waals surface area contributed by atoms with Crippen LogP contribution in [0.2, 0.25) is 0 Å². The van der Waals surface area contributed by atoms with E-state index in [1.807, 2.05) is 0 Å². The van der Waals surface area contributed by atoms with Gasteiger partial charge < -0.3 is 15.1 Å². The van der Waals surface area contributed by atoms with Crippen LogP contribution < -0.4 is 5.32 Å². The second-order valence-corrected chi connectivity index (χ2v) is 5.73. The van der Waals surface area contributed by atoms with Crippen LogP contribution in [0.3, 0.4) is 0 Å². The van der Waals surface area contributed by atoms with Gasteiger partial charge in [-0.05, 0) is 30.3 Å². The number of fused-ring (bicyclic) bond motifs is 1. The van der Waals surface area contributed by atoms with Gasteiger partial charge in [0.25, 0.3) is 11.8 Å². The number of nitrogens with one attached hydrogen (secondary N) is 1. The van der Waals surface area contributed by atoms with Crippen molar-refractivity contribution >= 4 is 29.5 Å². The molecule has 2 aromatic carbocycles. The summed E-state index contributed by atoms with van der Waals surface area (Å²) >= 11 is 0. The molecule has 0 spiro atoms. The Kier molecular flexibility index (Phi) is 4.40. The maximum atomic E-state index is 12.3. The van der Waals surface area contributed by atoms with E-state index in [2.05, 4.69) is 5.32 Å². The SMILES string of the molecule is CN(C)C(=O)Nc1cccc(C(=O)ON2C(=O)c3ccccc3C2=O)c1. The van der Waals surface area contributed by atoms with E-state index in [9.17, 15) is 19.2 Å². The first-order chi connectivity index (χ1) is 12.4. The Morgan fingerprint density at radius 1 is 0.962 bits per heavy atom. The van der Waals surface area contributed by atoms with Gasteiger partial charge in [0.15, 0.2) is 0 Å². The Hall–Kier alpha value is -3.68. The fraction of sp³-hybridized carbons (Fsp3) is 0.111. The third kappa shape index (κ3) is 3.12. The van der Waals surface area contributed by atoms with Crippen LogP contribution in [0.15, 0.2) is 48.5 Å². The number of hydrogen-bond acceptors (Lipinski definition) is 5. The summed E-state index contributed by atoms with van der Waals surface area (Å²) in [5.74, 6) is -2.28. The molecule has 0 radical (unpaired) electrons. The Morgan fingerprint density at radius 3 is 2.15 bits per heavy atom. The van der Waals surface area contributed by atoms with Crippen molar-refractivity contribution in [2.75, 3.05) is 19.4 Å². The van der Waals surface area contributed by atoms with Gasteiger partial charge in [0.1, 0.15) is 0 Å². The van der Waals surface area contributed by atoms with Crippen LogP contribution in [0.4, 0.5) is 10.5 Å². The van der Waals surface area contributed by atoms with Crippen LogP contribution in [0, 0.1) is 0 Å². The Labute approximate surface area is 148 Å². The van der Waals surface area contributed by atoms with Crippen LogP contribution in [-0.2, 0) is 4.84 Å². The summed E-state index contributed by atoms with van der Waals surface area (Å²) in [6, 6.07) is 11.8. The number of amides is 4. The second-order valence-electron chi connectivity index (χ2n) is 5.73. The molecule has 0 saturated heterocycles. The molecule has 0 fully saturated rings. The van der Waals surface area contributed by atoms with E-state index in [0.717, 1.165) is 0 Å². The number of carbonyl (C=O) groups is 4. The number of rotatable bonds is 3. The van der Waals surface area contributed by atoms with E-state index < -0.39 is 17.8 Å². The van der Waals surface area contributed by atoms with Crippen molar-refractivity contribution < 1.29 is 24.0 Å². The highest BCUT2D eigenvalue weighted by Gasteiger charge is 2.38. The number of hydroxylamine groups is 2. The minimum absolute atomic E-state index is 0.0816. The molecule has 1 N–H and O–H groups in total.